The van der Waals surface area contributed by atoms with Crippen molar-refractivity contribution in [3.8, 4) is 0 Å². The summed E-state index contributed by atoms with van der Waals surface area (Å²) in [6, 6.07) is 0. The lowest BCUT2D eigenvalue weighted by Gasteiger charge is -1.99. The van der Waals surface area contributed by atoms with Crippen molar-refractivity contribution in [3.05, 3.63) is 72.5 Å². The molecule has 0 saturated heterocycles. The van der Waals surface area contributed by atoms with Gasteiger partial charge in [-0.1, -0.05) is 6.08 Å². The highest BCUT2D eigenvalue weighted by molar-refractivity contribution is 5.28. The van der Waals surface area contributed by atoms with Gasteiger partial charge in [0.05, 0.1) is 18.8 Å². The quantitative estimate of drug-likeness (QED) is 0.616. The van der Waals surface area contributed by atoms with E-state index in [-0.39, 0.29) is 0 Å². The van der Waals surface area contributed by atoms with Crippen molar-refractivity contribution in [3.63, 3.8) is 0 Å². The Balaban J connectivity index is 2.89. The predicted octanol–water partition coefficient (Wildman–Crippen LogP) is 2.90. The Morgan fingerprint density at radius 2 is 1.78 bits per heavy atom. The average Bonchev–Trinajstić information content (AvgIpc) is 2.38. The minimum atomic E-state index is -0.656. The Kier molecular flexibility index (Phi) is 5.76. The van der Waals surface area contributed by atoms with Crippen molar-refractivity contribution in [1.82, 2.24) is 0 Å². The summed E-state index contributed by atoms with van der Waals surface area (Å²) in [4.78, 5) is 0. The minimum Gasteiger partial charge on any atom is -0.504 e. The highest BCUT2D eigenvalue weighted by Gasteiger charge is 2.04. The summed E-state index contributed by atoms with van der Waals surface area (Å²) < 4.78 is 9.94. The number of hydrogen-bond donors (Lipinski definition) is 3. The molecule has 0 unspecified atom stereocenters. The molecule has 3 N–H and O–H groups in total. The minimum absolute atomic E-state index is 0.359. The zero-order chi connectivity index (χ0) is 13.2. The first-order chi connectivity index (χ1) is 8.72. The van der Waals surface area contributed by atoms with Crippen molar-refractivity contribution in [1.29, 1.82) is 0 Å². The smallest absolute Gasteiger partial charge is 0.200 e. The summed E-state index contributed by atoms with van der Waals surface area (Å²) in [5.74, 6) is -1.66. The second-order valence-corrected chi connectivity index (χ2v) is 3.14. The van der Waals surface area contributed by atoms with E-state index < -0.39 is 17.3 Å². The van der Waals surface area contributed by atoms with E-state index in [4.69, 9.17) is 9.47 Å². The summed E-state index contributed by atoms with van der Waals surface area (Å²) >= 11 is 0. The first-order valence-corrected chi connectivity index (χ1v) is 5.15. The third-order valence-electron chi connectivity index (χ3n) is 1.82. The fraction of sp³-hybridized carbons (Fsp3) is 0.0769. The molecule has 0 fully saturated rings. The maximum atomic E-state index is 9.41. The van der Waals surface area contributed by atoms with Crippen LogP contribution in [-0.4, -0.2) is 21.9 Å². The molecule has 1 heterocycles. The van der Waals surface area contributed by atoms with Gasteiger partial charge in [0.25, 0.3) is 0 Å². The topological polar surface area (TPSA) is 79.2 Å². The number of aliphatic hydroxyl groups excluding tert-OH is 3. The highest BCUT2D eigenvalue weighted by atomic mass is 16.5. The SMILES string of the molecule is OC1=C\C=C\OC/C=C/C=C/O/C=C/C(O)=C\1O. The van der Waals surface area contributed by atoms with E-state index >= 15 is 0 Å². The molecule has 5 heteroatoms. The number of hydrogen-bond acceptors (Lipinski definition) is 5. The van der Waals surface area contributed by atoms with Gasteiger partial charge in [0.2, 0.25) is 0 Å². The van der Waals surface area contributed by atoms with Gasteiger partial charge in [-0.15, -0.1) is 0 Å². The van der Waals surface area contributed by atoms with Crippen LogP contribution in [0, 0.1) is 0 Å². The van der Waals surface area contributed by atoms with Gasteiger partial charge in [-0.2, -0.15) is 0 Å². The Bertz CT molecular complexity index is 438. The normalized spacial score (nSPS) is 31.4. The molecule has 96 valence electrons. The molecule has 1 aliphatic rings. The van der Waals surface area contributed by atoms with Gasteiger partial charge < -0.3 is 24.8 Å². The van der Waals surface area contributed by atoms with Crippen LogP contribution in [0.15, 0.2) is 72.5 Å². The fourth-order valence-electron chi connectivity index (χ4n) is 0.960. The van der Waals surface area contributed by atoms with Crippen LogP contribution in [0.3, 0.4) is 0 Å². The third kappa shape index (κ3) is 4.98. The summed E-state index contributed by atoms with van der Waals surface area (Å²) in [5.41, 5.74) is 0. The van der Waals surface area contributed by atoms with Crippen molar-refractivity contribution in [2.75, 3.05) is 6.61 Å². The largest absolute Gasteiger partial charge is 0.504 e. The molecule has 0 aliphatic carbocycles. The maximum Gasteiger partial charge on any atom is 0.200 e. The van der Waals surface area contributed by atoms with E-state index in [1.807, 2.05) is 0 Å². The van der Waals surface area contributed by atoms with Gasteiger partial charge >= 0.3 is 0 Å². The molecule has 1 rings (SSSR count). The molecule has 18 heavy (non-hydrogen) atoms. The second kappa shape index (κ2) is 7.67. The molecule has 0 radical (unpaired) electrons. The van der Waals surface area contributed by atoms with Crippen LogP contribution < -0.4 is 0 Å². The predicted molar refractivity (Wildman–Crippen MR) is 66.6 cm³/mol. The zero-order valence-electron chi connectivity index (χ0n) is 9.56. The van der Waals surface area contributed by atoms with Gasteiger partial charge in [0.1, 0.15) is 6.61 Å². The molecule has 0 aromatic heterocycles. The van der Waals surface area contributed by atoms with E-state index in [0.717, 1.165) is 12.3 Å². The second-order valence-electron chi connectivity index (χ2n) is 3.14. The molecule has 0 spiro atoms. The molecular formula is C13H14O5. The summed E-state index contributed by atoms with van der Waals surface area (Å²) in [5, 5.41) is 28.2. The van der Waals surface area contributed by atoms with Crippen molar-refractivity contribution >= 4 is 0 Å². The van der Waals surface area contributed by atoms with Gasteiger partial charge in [0.15, 0.2) is 17.3 Å². The van der Waals surface area contributed by atoms with Crippen LogP contribution in [0.4, 0.5) is 0 Å². The van der Waals surface area contributed by atoms with Gasteiger partial charge in [-0.05, 0) is 24.3 Å². The maximum absolute atomic E-state index is 9.41. The average molecular weight is 250 g/mol. The first kappa shape index (κ1) is 13.5. The zero-order valence-corrected chi connectivity index (χ0v) is 9.56. The summed E-state index contributed by atoms with van der Waals surface area (Å²) in [6.45, 7) is 0.359. The highest BCUT2D eigenvalue weighted by Crippen LogP contribution is 2.09. The van der Waals surface area contributed by atoms with E-state index in [9.17, 15) is 15.3 Å². The molecular weight excluding hydrogens is 236 g/mol. The van der Waals surface area contributed by atoms with Crippen LogP contribution in [0.5, 0.6) is 0 Å². The Labute approximate surface area is 105 Å². The van der Waals surface area contributed by atoms with Crippen LogP contribution in [0.2, 0.25) is 0 Å². The number of aliphatic hydroxyl groups is 3. The van der Waals surface area contributed by atoms with Crippen LogP contribution in [0.1, 0.15) is 0 Å². The number of ether oxygens (including phenoxy) is 2. The van der Waals surface area contributed by atoms with E-state index in [0.29, 0.717) is 6.61 Å². The molecule has 0 aromatic carbocycles. The molecule has 0 bridgehead atoms. The Morgan fingerprint density at radius 1 is 0.944 bits per heavy atom. The third-order valence-corrected chi connectivity index (χ3v) is 1.82. The van der Waals surface area contributed by atoms with Crippen molar-refractivity contribution in [2.24, 2.45) is 0 Å². The number of allylic oxidation sites excluding steroid dienone is 5. The van der Waals surface area contributed by atoms with Crippen LogP contribution in [0.25, 0.3) is 0 Å². The standard InChI is InChI=1S/C13H14O5/c14-11-5-4-9-17-7-2-1-3-8-18-10-6-12(15)13(11)16/h1-6,8-10,14-16H,7H2/b2-1+,8-3+,9-4+,10-6+,11-5-,13-12-. The van der Waals surface area contributed by atoms with E-state index in [1.165, 1.54) is 24.7 Å². The molecule has 5 nitrogen and oxygen atoms in total. The number of rotatable bonds is 0. The van der Waals surface area contributed by atoms with Crippen molar-refractivity contribution in [2.45, 2.75) is 0 Å². The van der Waals surface area contributed by atoms with Gasteiger partial charge in [-0.25, -0.2) is 0 Å². The monoisotopic (exact) mass is 250 g/mol. The van der Waals surface area contributed by atoms with Gasteiger partial charge in [0, 0.05) is 6.08 Å². The van der Waals surface area contributed by atoms with Crippen molar-refractivity contribution < 1.29 is 24.8 Å². The van der Waals surface area contributed by atoms with E-state index in [1.54, 1.807) is 18.2 Å². The Morgan fingerprint density at radius 3 is 2.61 bits per heavy atom. The van der Waals surface area contributed by atoms with E-state index in [2.05, 4.69) is 0 Å². The van der Waals surface area contributed by atoms with Gasteiger partial charge in [-0.3, -0.25) is 0 Å². The van der Waals surface area contributed by atoms with Crippen LogP contribution >= 0.6 is 0 Å². The molecule has 0 atom stereocenters. The Hall–Kier alpha value is -2.56. The molecule has 0 amide bonds. The molecule has 1 aliphatic heterocycles. The first-order valence-electron chi connectivity index (χ1n) is 5.15. The lowest BCUT2D eigenvalue weighted by atomic mass is 10.3. The van der Waals surface area contributed by atoms with Crippen LogP contribution in [-0.2, 0) is 9.47 Å². The summed E-state index contributed by atoms with van der Waals surface area (Å²) in [6.07, 6.45) is 12.7. The summed E-state index contributed by atoms with van der Waals surface area (Å²) in [7, 11) is 0. The fourth-order valence-corrected chi connectivity index (χ4v) is 0.960. The lowest BCUT2D eigenvalue weighted by molar-refractivity contribution is 0.286. The molecule has 0 aromatic rings. The molecule has 0 saturated carbocycles. The lowest BCUT2D eigenvalue weighted by Crippen LogP contribution is -1.92.